The van der Waals surface area contributed by atoms with Gasteiger partial charge in [-0.05, 0) is 55.7 Å². The summed E-state index contributed by atoms with van der Waals surface area (Å²) in [6, 6.07) is 4.68. The van der Waals surface area contributed by atoms with Crippen LogP contribution in [0.5, 0.6) is 0 Å². The molecular formula is C19H19F3N2O2S. The van der Waals surface area contributed by atoms with Crippen LogP contribution in [-0.4, -0.2) is 19.7 Å². The predicted molar refractivity (Wildman–Crippen MR) is 94.3 cm³/mol. The van der Waals surface area contributed by atoms with Gasteiger partial charge in [-0.2, -0.15) is 18.4 Å². The molecule has 27 heavy (non-hydrogen) atoms. The van der Waals surface area contributed by atoms with Crippen molar-refractivity contribution >= 4 is 15.7 Å². The van der Waals surface area contributed by atoms with Gasteiger partial charge in [0.25, 0.3) is 0 Å². The van der Waals surface area contributed by atoms with Gasteiger partial charge in [0.2, 0.25) is 10.0 Å². The van der Waals surface area contributed by atoms with Crippen molar-refractivity contribution in [2.75, 3.05) is 10.8 Å². The minimum absolute atomic E-state index is 0.0152. The monoisotopic (exact) mass is 396 g/mol. The number of fused-ring (bicyclic) bond motifs is 5. The van der Waals surface area contributed by atoms with Gasteiger partial charge in [0.15, 0.2) is 0 Å². The van der Waals surface area contributed by atoms with Crippen molar-refractivity contribution in [3.05, 3.63) is 42.0 Å². The Hall–Kier alpha value is -2.01. The van der Waals surface area contributed by atoms with Gasteiger partial charge in [-0.25, -0.2) is 8.42 Å². The number of hydrogen-bond donors (Lipinski definition) is 0. The van der Waals surface area contributed by atoms with E-state index in [0.717, 1.165) is 35.7 Å². The number of halogens is 3. The van der Waals surface area contributed by atoms with Crippen LogP contribution in [0, 0.1) is 29.1 Å². The smallest absolute Gasteiger partial charge is 0.269 e. The summed E-state index contributed by atoms with van der Waals surface area (Å²) >= 11 is 0. The second-order valence-corrected chi connectivity index (χ2v) is 9.85. The topological polar surface area (TPSA) is 61.2 Å². The first-order chi connectivity index (χ1) is 12.7. The maximum atomic E-state index is 13.5. The molecule has 2 aliphatic carbocycles. The Morgan fingerprint density at radius 1 is 1.37 bits per heavy atom. The number of rotatable bonds is 3. The van der Waals surface area contributed by atoms with E-state index in [1.54, 1.807) is 6.08 Å². The summed E-state index contributed by atoms with van der Waals surface area (Å²) in [7, 11) is -3.84. The lowest BCUT2D eigenvalue weighted by molar-refractivity contribution is -0.137. The lowest BCUT2D eigenvalue weighted by atomic mass is 9.76. The average Bonchev–Trinajstić information content (AvgIpc) is 3.25. The van der Waals surface area contributed by atoms with Crippen LogP contribution in [0.15, 0.2) is 30.9 Å². The second kappa shape index (κ2) is 5.74. The van der Waals surface area contributed by atoms with Crippen LogP contribution in [0.3, 0.4) is 0 Å². The molecule has 0 amide bonds. The summed E-state index contributed by atoms with van der Waals surface area (Å²) in [5.41, 5.74) is -1.63. The molecule has 0 N–H and O–H groups in total. The zero-order valence-electron chi connectivity index (χ0n) is 14.5. The Labute approximate surface area is 156 Å². The second-order valence-electron chi connectivity index (χ2n) is 7.70. The fourth-order valence-electron chi connectivity index (χ4n) is 5.63. The number of allylic oxidation sites excluding steroid dienone is 1. The molecule has 4 atom stereocenters. The van der Waals surface area contributed by atoms with Crippen molar-refractivity contribution < 1.29 is 21.6 Å². The highest BCUT2D eigenvalue weighted by molar-refractivity contribution is 7.94. The molecule has 1 aromatic rings. The highest BCUT2D eigenvalue weighted by atomic mass is 32.2. The Balaban J connectivity index is 1.83. The van der Waals surface area contributed by atoms with E-state index in [1.807, 2.05) is 0 Å². The van der Waals surface area contributed by atoms with Crippen molar-refractivity contribution in [1.82, 2.24) is 0 Å². The number of hydrogen-bond acceptors (Lipinski definition) is 3. The normalized spacial score (nSPS) is 33.7. The van der Waals surface area contributed by atoms with E-state index in [-0.39, 0.29) is 30.0 Å². The number of sulfonamides is 1. The fourth-order valence-corrected chi connectivity index (χ4v) is 8.40. The van der Waals surface area contributed by atoms with E-state index < -0.39 is 32.1 Å². The Morgan fingerprint density at radius 2 is 2.11 bits per heavy atom. The Bertz CT molecular complexity index is 951. The molecule has 2 saturated carbocycles. The molecule has 1 saturated heterocycles. The number of anilines is 1. The lowest BCUT2D eigenvalue weighted by Gasteiger charge is -2.36. The summed E-state index contributed by atoms with van der Waals surface area (Å²) < 4.78 is 67.2. The van der Waals surface area contributed by atoms with Crippen LogP contribution in [0.2, 0.25) is 0 Å². The molecule has 0 unspecified atom stereocenters. The van der Waals surface area contributed by atoms with Crippen molar-refractivity contribution in [3.63, 3.8) is 0 Å². The quantitative estimate of drug-likeness (QED) is 0.723. The summed E-state index contributed by atoms with van der Waals surface area (Å²) in [5, 5.41) is 8.97. The van der Waals surface area contributed by atoms with Crippen LogP contribution in [0.25, 0.3) is 0 Å². The molecule has 1 aromatic carbocycles. The lowest BCUT2D eigenvalue weighted by Crippen LogP contribution is -2.47. The van der Waals surface area contributed by atoms with Crippen LogP contribution >= 0.6 is 0 Å². The van der Waals surface area contributed by atoms with E-state index >= 15 is 0 Å². The maximum Gasteiger partial charge on any atom is 0.417 e. The molecule has 4 nitrogen and oxygen atoms in total. The zero-order valence-corrected chi connectivity index (χ0v) is 15.4. The molecule has 1 heterocycles. The fraction of sp³-hybridized carbons (Fsp3) is 0.526. The highest BCUT2D eigenvalue weighted by Gasteiger charge is 2.69. The van der Waals surface area contributed by atoms with Gasteiger partial charge >= 0.3 is 6.18 Å². The molecular weight excluding hydrogens is 377 g/mol. The van der Waals surface area contributed by atoms with Crippen LogP contribution in [-0.2, 0) is 16.2 Å². The van der Waals surface area contributed by atoms with E-state index in [0.29, 0.717) is 6.42 Å². The summed E-state index contributed by atoms with van der Waals surface area (Å²) in [6.07, 6.45) is -0.109. The van der Waals surface area contributed by atoms with Crippen LogP contribution in [0.4, 0.5) is 18.9 Å². The molecule has 3 aliphatic rings. The van der Waals surface area contributed by atoms with Gasteiger partial charge in [-0.3, -0.25) is 4.31 Å². The molecule has 0 spiro atoms. The van der Waals surface area contributed by atoms with Gasteiger partial charge in [0.05, 0.1) is 22.9 Å². The van der Waals surface area contributed by atoms with Crippen molar-refractivity contribution in [1.29, 1.82) is 5.26 Å². The van der Waals surface area contributed by atoms with Gasteiger partial charge in [-0.15, -0.1) is 6.58 Å². The standard InChI is InChI=1S/C19H19F3N2O2S/c1-2-7-18-14-5-3-12(8-14)17(18)11-24(27(18,25)26)15-6-4-13(10-23)16(9-15)19(20,21)22/h2,4,6,9,12,14,17H,1,3,5,7-8,11H2/t12-,14+,17-,18+/m0/s1. The first kappa shape index (κ1) is 18.4. The Kier molecular flexibility index (Phi) is 3.90. The van der Waals surface area contributed by atoms with Crippen molar-refractivity contribution in [2.45, 2.75) is 36.6 Å². The summed E-state index contributed by atoms with van der Waals surface area (Å²) in [4.78, 5) is 0. The molecule has 0 radical (unpaired) electrons. The molecule has 1 aliphatic heterocycles. The van der Waals surface area contributed by atoms with Gasteiger partial charge in [0.1, 0.15) is 4.75 Å². The van der Waals surface area contributed by atoms with Gasteiger partial charge in [0, 0.05) is 12.5 Å². The number of nitrogens with zero attached hydrogens (tertiary/aromatic N) is 2. The van der Waals surface area contributed by atoms with E-state index in [1.165, 1.54) is 12.1 Å². The minimum atomic E-state index is -4.72. The largest absolute Gasteiger partial charge is 0.417 e. The molecule has 3 fully saturated rings. The predicted octanol–water partition coefficient (Wildman–Crippen LogP) is 4.09. The number of nitriles is 1. The first-order valence-corrected chi connectivity index (χ1v) is 10.4. The molecule has 144 valence electrons. The third-order valence-corrected chi connectivity index (χ3v) is 9.38. The van der Waals surface area contributed by atoms with Crippen molar-refractivity contribution in [2.24, 2.45) is 17.8 Å². The highest BCUT2D eigenvalue weighted by Crippen LogP contribution is 2.64. The van der Waals surface area contributed by atoms with Gasteiger partial charge < -0.3 is 0 Å². The Morgan fingerprint density at radius 3 is 2.74 bits per heavy atom. The van der Waals surface area contributed by atoms with Crippen molar-refractivity contribution in [3.8, 4) is 6.07 Å². The maximum absolute atomic E-state index is 13.5. The van der Waals surface area contributed by atoms with Crippen LogP contribution < -0.4 is 4.31 Å². The zero-order chi connectivity index (χ0) is 19.6. The molecule has 0 aromatic heterocycles. The molecule has 8 heteroatoms. The third-order valence-electron chi connectivity index (χ3n) is 6.67. The van der Waals surface area contributed by atoms with Crippen LogP contribution in [0.1, 0.15) is 36.8 Å². The molecule has 4 rings (SSSR count). The first-order valence-electron chi connectivity index (χ1n) is 8.91. The van der Waals surface area contributed by atoms with E-state index in [9.17, 15) is 21.6 Å². The average molecular weight is 396 g/mol. The number of benzene rings is 1. The molecule has 2 bridgehead atoms. The van der Waals surface area contributed by atoms with E-state index in [2.05, 4.69) is 6.58 Å². The minimum Gasteiger partial charge on any atom is -0.269 e. The SMILES string of the molecule is C=CC[C@@]12[C@@H]3CC[C@@H](C3)[C@@H]1CN(c1ccc(C#N)c(C(F)(F)F)c1)S2(=O)=O. The summed E-state index contributed by atoms with van der Waals surface area (Å²) in [6.45, 7) is 3.92. The van der Waals surface area contributed by atoms with E-state index in [4.69, 9.17) is 5.26 Å². The number of alkyl halides is 3. The van der Waals surface area contributed by atoms with Gasteiger partial charge in [-0.1, -0.05) is 6.08 Å². The summed E-state index contributed by atoms with van der Waals surface area (Å²) in [5.74, 6) is 0.223. The third kappa shape index (κ3) is 2.30.